The Balaban J connectivity index is 2.45. The summed E-state index contributed by atoms with van der Waals surface area (Å²) in [7, 11) is -3.87. The van der Waals surface area contributed by atoms with Crippen LogP contribution in [0.1, 0.15) is 11.1 Å². The van der Waals surface area contributed by atoms with Crippen LogP contribution in [0.25, 0.3) is 0 Å². The van der Waals surface area contributed by atoms with E-state index in [1.807, 2.05) is 6.92 Å². The average Bonchev–Trinajstić information content (AvgIpc) is 2.37. The van der Waals surface area contributed by atoms with Gasteiger partial charge in [0.05, 0.1) is 9.82 Å². The van der Waals surface area contributed by atoms with Gasteiger partial charge in [0.2, 0.25) is 0 Å². The van der Waals surface area contributed by atoms with Crippen LogP contribution < -0.4 is 4.72 Å². The molecule has 2 aromatic rings. The van der Waals surface area contributed by atoms with Gasteiger partial charge in [0, 0.05) is 6.07 Å². The highest BCUT2D eigenvalue weighted by Gasteiger charge is 2.21. The lowest BCUT2D eigenvalue weighted by Gasteiger charge is -2.11. The van der Waals surface area contributed by atoms with Crippen molar-refractivity contribution in [1.82, 2.24) is 0 Å². The van der Waals surface area contributed by atoms with Crippen molar-refractivity contribution < 1.29 is 13.3 Å². The lowest BCUT2D eigenvalue weighted by molar-refractivity contribution is -0.383. The largest absolute Gasteiger partial charge is 0.293 e. The monoisotopic (exact) mass is 306 g/mol. The van der Waals surface area contributed by atoms with E-state index in [1.54, 1.807) is 19.1 Å². The van der Waals surface area contributed by atoms with E-state index in [0.29, 0.717) is 5.56 Å². The highest BCUT2D eigenvalue weighted by Crippen LogP contribution is 2.27. The summed E-state index contributed by atoms with van der Waals surface area (Å²) in [6.45, 7) is 3.54. The molecular weight excluding hydrogens is 292 g/mol. The minimum absolute atomic E-state index is 0.0533. The molecule has 6 nitrogen and oxygen atoms in total. The molecule has 2 rings (SSSR count). The molecule has 0 aliphatic rings. The Morgan fingerprint density at radius 1 is 1.10 bits per heavy atom. The summed E-state index contributed by atoms with van der Waals surface area (Å²) < 4.78 is 27.0. The van der Waals surface area contributed by atoms with E-state index in [1.165, 1.54) is 30.3 Å². The number of anilines is 1. The van der Waals surface area contributed by atoms with Crippen molar-refractivity contribution in [2.24, 2.45) is 0 Å². The maximum Gasteiger partial charge on any atom is 0.293 e. The van der Waals surface area contributed by atoms with Crippen LogP contribution >= 0.6 is 0 Å². The number of para-hydroxylation sites is 2. The predicted octanol–water partition coefficient (Wildman–Crippen LogP) is 3.01. The van der Waals surface area contributed by atoms with E-state index in [2.05, 4.69) is 4.72 Å². The number of nitrogens with one attached hydrogen (secondary N) is 1. The Bertz CT molecular complexity index is 800. The fourth-order valence-corrected chi connectivity index (χ4v) is 3.32. The molecule has 0 atom stereocenters. The van der Waals surface area contributed by atoms with Gasteiger partial charge in [-0.1, -0.05) is 29.8 Å². The van der Waals surface area contributed by atoms with Gasteiger partial charge >= 0.3 is 0 Å². The van der Waals surface area contributed by atoms with E-state index < -0.39 is 14.9 Å². The van der Waals surface area contributed by atoms with Crippen molar-refractivity contribution in [2.75, 3.05) is 4.72 Å². The van der Waals surface area contributed by atoms with Gasteiger partial charge in [0.1, 0.15) is 5.69 Å². The lowest BCUT2D eigenvalue weighted by atomic mass is 10.2. The van der Waals surface area contributed by atoms with Gasteiger partial charge < -0.3 is 0 Å². The topological polar surface area (TPSA) is 89.3 Å². The van der Waals surface area contributed by atoms with Crippen LogP contribution in [0.15, 0.2) is 47.4 Å². The van der Waals surface area contributed by atoms with Gasteiger partial charge in [0.25, 0.3) is 15.7 Å². The molecule has 0 fully saturated rings. The van der Waals surface area contributed by atoms with Gasteiger partial charge in [-0.3, -0.25) is 14.8 Å². The first-order valence-electron chi connectivity index (χ1n) is 6.15. The molecule has 0 unspecified atom stereocenters. The van der Waals surface area contributed by atoms with Crippen LogP contribution in [0.4, 0.5) is 11.4 Å². The average molecular weight is 306 g/mol. The summed E-state index contributed by atoms with van der Waals surface area (Å²) >= 11 is 0. The quantitative estimate of drug-likeness (QED) is 0.694. The molecule has 110 valence electrons. The summed E-state index contributed by atoms with van der Waals surface area (Å²) in [6.07, 6.45) is 0. The summed E-state index contributed by atoms with van der Waals surface area (Å²) in [5.41, 5.74) is 1.19. The van der Waals surface area contributed by atoms with E-state index in [9.17, 15) is 18.5 Å². The molecule has 2 aromatic carbocycles. The van der Waals surface area contributed by atoms with Gasteiger partial charge in [-0.2, -0.15) is 0 Å². The zero-order chi connectivity index (χ0) is 15.6. The van der Waals surface area contributed by atoms with Gasteiger partial charge in [-0.05, 0) is 31.5 Å². The van der Waals surface area contributed by atoms with Crippen molar-refractivity contribution >= 4 is 21.4 Å². The molecule has 0 spiro atoms. The van der Waals surface area contributed by atoms with Gasteiger partial charge in [-0.15, -0.1) is 0 Å². The Morgan fingerprint density at radius 3 is 2.38 bits per heavy atom. The van der Waals surface area contributed by atoms with E-state index in [4.69, 9.17) is 0 Å². The lowest BCUT2D eigenvalue weighted by Crippen LogP contribution is -2.15. The highest BCUT2D eigenvalue weighted by atomic mass is 32.2. The van der Waals surface area contributed by atoms with Crippen molar-refractivity contribution in [3.63, 3.8) is 0 Å². The molecule has 0 saturated carbocycles. The second kappa shape index (κ2) is 5.53. The summed E-state index contributed by atoms with van der Waals surface area (Å²) in [5, 5.41) is 10.9. The highest BCUT2D eigenvalue weighted by molar-refractivity contribution is 7.92. The first-order chi connectivity index (χ1) is 9.81. The number of benzene rings is 2. The Hall–Kier alpha value is -2.41. The second-order valence-corrected chi connectivity index (χ2v) is 6.30. The SMILES string of the molecule is Cc1ccc(S(=O)(=O)Nc2ccccc2[N+](=O)[O-])c(C)c1. The number of hydrogen-bond acceptors (Lipinski definition) is 4. The molecule has 0 radical (unpaired) electrons. The molecule has 0 bridgehead atoms. The standard InChI is InChI=1S/C14H14N2O4S/c1-10-7-8-14(11(2)9-10)21(19,20)15-12-5-3-4-6-13(12)16(17)18/h3-9,15H,1-2H3. The number of nitro benzene ring substituents is 1. The van der Waals surface area contributed by atoms with Crippen LogP contribution in [-0.2, 0) is 10.0 Å². The number of aryl methyl sites for hydroxylation is 2. The minimum atomic E-state index is -3.87. The normalized spacial score (nSPS) is 11.1. The number of sulfonamides is 1. The molecule has 0 aliphatic heterocycles. The smallest absolute Gasteiger partial charge is 0.273 e. The van der Waals surface area contributed by atoms with Crippen LogP contribution in [0, 0.1) is 24.0 Å². The third kappa shape index (κ3) is 3.19. The summed E-state index contributed by atoms with van der Waals surface area (Å²) in [4.78, 5) is 10.4. The molecule has 0 heterocycles. The maximum atomic E-state index is 12.4. The molecule has 0 aromatic heterocycles. The minimum Gasteiger partial charge on any atom is -0.273 e. The van der Waals surface area contributed by atoms with Crippen LogP contribution in [0.5, 0.6) is 0 Å². The maximum absolute atomic E-state index is 12.4. The van der Waals surface area contributed by atoms with Crippen LogP contribution in [0.2, 0.25) is 0 Å². The zero-order valence-electron chi connectivity index (χ0n) is 11.5. The number of nitrogens with zero attached hydrogens (tertiary/aromatic N) is 1. The molecular formula is C14H14N2O4S. The first-order valence-corrected chi connectivity index (χ1v) is 7.63. The van der Waals surface area contributed by atoms with Crippen molar-refractivity contribution in [3.8, 4) is 0 Å². The molecule has 21 heavy (non-hydrogen) atoms. The summed E-state index contributed by atoms with van der Waals surface area (Å²) in [6, 6.07) is 10.5. The fraction of sp³-hybridized carbons (Fsp3) is 0.143. The molecule has 0 aliphatic carbocycles. The number of hydrogen-bond donors (Lipinski definition) is 1. The van der Waals surface area contributed by atoms with Gasteiger partial charge in [-0.25, -0.2) is 8.42 Å². The molecule has 7 heteroatoms. The number of nitro groups is 1. The first kappa shape index (κ1) is 15.0. The van der Waals surface area contributed by atoms with E-state index in [0.717, 1.165) is 5.56 Å². The third-order valence-corrected chi connectivity index (χ3v) is 4.49. The molecule has 1 N–H and O–H groups in total. The van der Waals surface area contributed by atoms with E-state index >= 15 is 0 Å². The summed E-state index contributed by atoms with van der Waals surface area (Å²) in [5.74, 6) is 0. The predicted molar refractivity (Wildman–Crippen MR) is 79.8 cm³/mol. The molecule has 0 amide bonds. The Morgan fingerprint density at radius 2 is 1.76 bits per heavy atom. The van der Waals surface area contributed by atoms with E-state index in [-0.39, 0.29) is 16.3 Å². The van der Waals surface area contributed by atoms with Crippen molar-refractivity contribution in [2.45, 2.75) is 18.7 Å². The van der Waals surface area contributed by atoms with Crippen molar-refractivity contribution in [3.05, 3.63) is 63.7 Å². The third-order valence-electron chi connectivity index (χ3n) is 2.97. The second-order valence-electron chi connectivity index (χ2n) is 4.65. The van der Waals surface area contributed by atoms with Crippen molar-refractivity contribution in [1.29, 1.82) is 0 Å². The molecule has 0 saturated heterocycles. The van der Waals surface area contributed by atoms with Gasteiger partial charge in [0.15, 0.2) is 0 Å². The fourth-order valence-electron chi connectivity index (χ4n) is 2.02. The Labute approximate surface area is 122 Å². The van der Waals surface area contributed by atoms with Crippen LogP contribution in [0.3, 0.4) is 0 Å². The Kier molecular flexibility index (Phi) is 3.95. The number of rotatable bonds is 4. The van der Waals surface area contributed by atoms with Crippen LogP contribution in [-0.4, -0.2) is 13.3 Å². The zero-order valence-corrected chi connectivity index (χ0v) is 12.3.